The van der Waals surface area contributed by atoms with Gasteiger partial charge >= 0.3 is 0 Å². The Bertz CT molecular complexity index is 602. The van der Waals surface area contributed by atoms with Gasteiger partial charge in [-0.2, -0.15) is 5.10 Å². The first kappa shape index (κ1) is 14.1. The summed E-state index contributed by atoms with van der Waals surface area (Å²) < 4.78 is 1.82. The molecule has 1 heterocycles. The molecule has 2 rings (SSSR count). The molecule has 0 radical (unpaired) electrons. The van der Waals surface area contributed by atoms with Gasteiger partial charge < -0.3 is 5.73 Å². The molecule has 0 amide bonds. The molecule has 0 bridgehead atoms. The van der Waals surface area contributed by atoms with E-state index in [2.05, 4.69) is 31.1 Å². The second kappa shape index (κ2) is 5.35. The van der Waals surface area contributed by atoms with Crippen molar-refractivity contribution in [3.05, 3.63) is 51.3 Å². The number of nitrogens with two attached hydrogens (primary N) is 1. The molecule has 1 atom stereocenters. The van der Waals surface area contributed by atoms with Crippen LogP contribution in [-0.2, 0) is 13.5 Å². The van der Waals surface area contributed by atoms with Crippen LogP contribution in [0.2, 0.25) is 5.02 Å². The molecule has 2 aromatic rings. The predicted molar refractivity (Wildman–Crippen MR) is 79.5 cm³/mol. The number of hydrogen-bond acceptors (Lipinski definition) is 2. The predicted octanol–water partition coefficient (Wildman–Crippen LogP) is 3.24. The summed E-state index contributed by atoms with van der Waals surface area (Å²) in [4.78, 5) is 0. The molecule has 2 N–H and O–H groups in total. The SMILES string of the molecule is Cc1cccc(C(N)Cc2c(Cl)c(C)nn2C)c1C. The molecule has 0 aliphatic rings. The molecule has 1 aromatic heterocycles. The zero-order chi connectivity index (χ0) is 14.2. The molecule has 102 valence electrons. The van der Waals surface area contributed by atoms with Crippen molar-refractivity contribution in [2.45, 2.75) is 33.2 Å². The maximum absolute atomic E-state index is 6.34. The van der Waals surface area contributed by atoms with E-state index in [0.717, 1.165) is 16.4 Å². The van der Waals surface area contributed by atoms with Gasteiger partial charge in [0.25, 0.3) is 0 Å². The Morgan fingerprint density at radius 2 is 2.00 bits per heavy atom. The van der Waals surface area contributed by atoms with E-state index >= 15 is 0 Å². The lowest BCUT2D eigenvalue weighted by Crippen LogP contribution is -2.17. The quantitative estimate of drug-likeness (QED) is 0.936. The average Bonchev–Trinajstić information content (AvgIpc) is 2.59. The summed E-state index contributed by atoms with van der Waals surface area (Å²) in [6, 6.07) is 6.18. The average molecular weight is 278 g/mol. The summed E-state index contributed by atoms with van der Waals surface area (Å²) in [5.41, 5.74) is 11.9. The summed E-state index contributed by atoms with van der Waals surface area (Å²) in [7, 11) is 1.91. The van der Waals surface area contributed by atoms with Gasteiger partial charge in [-0.25, -0.2) is 0 Å². The van der Waals surface area contributed by atoms with Crippen molar-refractivity contribution < 1.29 is 0 Å². The Labute approximate surface area is 119 Å². The second-order valence-electron chi connectivity index (χ2n) is 5.07. The van der Waals surface area contributed by atoms with Gasteiger partial charge in [0.15, 0.2) is 0 Å². The van der Waals surface area contributed by atoms with Gasteiger partial charge in [0.2, 0.25) is 0 Å². The largest absolute Gasteiger partial charge is 0.324 e. The minimum Gasteiger partial charge on any atom is -0.324 e. The van der Waals surface area contributed by atoms with Crippen molar-refractivity contribution in [1.82, 2.24) is 9.78 Å². The second-order valence-corrected chi connectivity index (χ2v) is 5.45. The fraction of sp³-hybridized carbons (Fsp3) is 0.400. The Morgan fingerprint density at radius 3 is 2.58 bits per heavy atom. The van der Waals surface area contributed by atoms with E-state index in [1.807, 2.05) is 24.7 Å². The molecular weight excluding hydrogens is 258 g/mol. The molecule has 0 fully saturated rings. The van der Waals surface area contributed by atoms with Gasteiger partial charge in [0.1, 0.15) is 0 Å². The Morgan fingerprint density at radius 1 is 1.32 bits per heavy atom. The summed E-state index contributed by atoms with van der Waals surface area (Å²) >= 11 is 6.28. The number of hydrogen-bond donors (Lipinski definition) is 1. The van der Waals surface area contributed by atoms with E-state index in [4.69, 9.17) is 17.3 Å². The van der Waals surface area contributed by atoms with Crippen LogP contribution in [0.4, 0.5) is 0 Å². The fourth-order valence-electron chi connectivity index (χ4n) is 2.40. The summed E-state index contributed by atoms with van der Waals surface area (Å²) in [6.45, 7) is 6.13. The molecule has 1 unspecified atom stereocenters. The monoisotopic (exact) mass is 277 g/mol. The zero-order valence-electron chi connectivity index (χ0n) is 11.9. The van der Waals surface area contributed by atoms with Crippen LogP contribution >= 0.6 is 11.6 Å². The van der Waals surface area contributed by atoms with Crippen LogP contribution in [0.1, 0.15) is 34.1 Å². The summed E-state index contributed by atoms with van der Waals surface area (Å²) in [5, 5.41) is 5.05. The van der Waals surface area contributed by atoms with Crippen molar-refractivity contribution in [1.29, 1.82) is 0 Å². The highest BCUT2D eigenvalue weighted by Gasteiger charge is 2.17. The zero-order valence-corrected chi connectivity index (χ0v) is 12.6. The minimum atomic E-state index is -0.0628. The van der Waals surface area contributed by atoms with Crippen LogP contribution in [0.5, 0.6) is 0 Å². The van der Waals surface area contributed by atoms with Gasteiger partial charge in [0.05, 0.1) is 16.4 Å². The van der Waals surface area contributed by atoms with Crippen molar-refractivity contribution in [2.75, 3.05) is 0 Å². The molecule has 1 aromatic carbocycles. The minimum absolute atomic E-state index is 0.0628. The van der Waals surface area contributed by atoms with Gasteiger partial charge in [-0.3, -0.25) is 4.68 Å². The topological polar surface area (TPSA) is 43.8 Å². The van der Waals surface area contributed by atoms with Crippen LogP contribution in [0, 0.1) is 20.8 Å². The van der Waals surface area contributed by atoms with E-state index in [9.17, 15) is 0 Å². The highest BCUT2D eigenvalue weighted by Crippen LogP contribution is 2.26. The number of halogens is 1. The Hall–Kier alpha value is -1.32. The number of rotatable bonds is 3. The van der Waals surface area contributed by atoms with Crippen LogP contribution < -0.4 is 5.73 Å². The van der Waals surface area contributed by atoms with Crippen LogP contribution in [0.25, 0.3) is 0 Å². The molecule has 19 heavy (non-hydrogen) atoms. The number of aromatic nitrogens is 2. The maximum atomic E-state index is 6.34. The normalized spacial score (nSPS) is 12.7. The first-order chi connectivity index (χ1) is 8.91. The Balaban J connectivity index is 2.31. The van der Waals surface area contributed by atoms with Crippen molar-refractivity contribution in [3.63, 3.8) is 0 Å². The van der Waals surface area contributed by atoms with Crippen molar-refractivity contribution in [2.24, 2.45) is 12.8 Å². The Kier molecular flexibility index (Phi) is 3.97. The number of benzene rings is 1. The maximum Gasteiger partial charge on any atom is 0.0847 e. The summed E-state index contributed by atoms with van der Waals surface area (Å²) in [6.07, 6.45) is 0.695. The first-order valence-corrected chi connectivity index (χ1v) is 6.79. The van der Waals surface area contributed by atoms with E-state index in [1.165, 1.54) is 16.7 Å². The number of nitrogens with zero attached hydrogens (tertiary/aromatic N) is 2. The molecule has 0 aliphatic carbocycles. The van der Waals surface area contributed by atoms with Crippen molar-refractivity contribution in [3.8, 4) is 0 Å². The standard InChI is InChI=1S/C15H20ClN3/c1-9-6-5-7-12(10(9)2)13(17)8-14-15(16)11(3)18-19(14)4/h5-7,13H,8,17H2,1-4H3. The summed E-state index contributed by atoms with van der Waals surface area (Å²) in [5.74, 6) is 0. The van der Waals surface area contributed by atoms with E-state index in [0.29, 0.717) is 6.42 Å². The number of aryl methyl sites for hydroxylation is 3. The molecule has 0 spiro atoms. The van der Waals surface area contributed by atoms with Crippen molar-refractivity contribution >= 4 is 11.6 Å². The van der Waals surface area contributed by atoms with E-state index < -0.39 is 0 Å². The fourth-order valence-corrected chi connectivity index (χ4v) is 2.63. The molecule has 4 heteroatoms. The van der Waals surface area contributed by atoms with Gasteiger partial charge in [0, 0.05) is 19.5 Å². The third-order valence-corrected chi connectivity index (χ3v) is 4.21. The van der Waals surface area contributed by atoms with Crippen LogP contribution in [0.15, 0.2) is 18.2 Å². The van der Waals surface area contributed by atoms with Gasteiger partial charge in [-0.05, 0) is 37.5 Å². The van der Waals surface area contributed by atoms with Crippen LogP contribution in [0.3, 0.4) is 0 Å². The van der Waals surface area contributed by atoms with E-state index in [1.54, 1.807) is 0 Å². The smallest absolute Gasteiger partial charge is 0.0847 e. The molecule has 0 aliphatic heterocycles. The lowest BCUT2D eigenvalue weighted by atomic mass is 9.95. The lowest BCUT2D eigenvalue weighted by Gasteiger charge is -2.16. The molecule has 0 saturated carbocycles. The lowest BCUT2D eigenvalue weighted by molar-refractivity contribution is 0.637. The van der Waals surface area contributed by atoms with Gasteiger partial charge in [-0.1, -0.05) is 29.8 Å². The third kappa shape index (κ3) is 2.67. The highest BCUT2D eigenvalue weighted by molar-refractivity contribution is 6.31. The molecular formula is C15H20ClN3. The first-order valence-electron chi connectivity index (χ1n) is 6.41. The third-order valence-electron chi connectivity index (χ3n) is 3.72. The van der Waals surface area contributed by atoms with Crippen LogP contribution in [-0.4, -0.2) is 9.78 Å². The molecule has 3 nitrogen and oxygen atoms in total. The highest BCUT2D eigenvalue weighted by atomic mass is 35.5. The molecule has 0 saturated heterocycles. The van der Waals surface area contributed by atoms with E-state index in [-0.39, 0.29) is 6.04 Å². The van der Waals surface area contributed by atoms with Gasteiger partial charge in [-0.15, -0.1) is 0 Å².